The van der Waals surface area contributed by atoms with Crippen LogP contribution in [0.5, 0.6) is 0 Å². The van der Waals surface area contributed by atoms with Gasteiger partial charge in [0.15, 0.2) is 0 Å². The molecule has 1 saturated carbocycles. The van der Waals surface area contributed by atoms with Crippen LogP contribution in [0.1, 0.15) is 12.8 Å². The molecule has 0 unspecified atom stereocenters. The second kappa shape index (κ2) is 4.77. The highest BCUT2D eigenvalue weighted by Crippen LogP contribution is 2.47. The lowest BCUT2D eigenvalue weighted by atomic mass is 10.1. The number of aliphatic hydroxyl groups is 1. The number of rotatable bonds is 5. The van der Waals surface area contributed by atoms with Crippen LogP contribution in [0.25, 0.3) is 0 Å². The van der Waals surface area contributed by atoms with Gasteiger partial charge in [-0.25, -0.2) is 0 Å². The molecule has 0 spiro atoms. The fourth-order valence-electron chi connectivity index (χ4n) is 1.58. The first kappa shape index (κ1) is 14.2. The van der Waals surface area contributed by atoms with Crippen LogP contribution >= 0.6 is 12.2 Å². The summed E-state index contributed by atoms with van der Waals surface area (Å²) in [4.78, 5) is 12.4. The lowest BCUT2D eigenvalue weighted by Crippen LogP contribution is -2.47. The van der Waals surface area contributed by atoms with Gasteiger partial charge in [-0.15, -0.1) is 0 Å². The minimum Gasteiger partial charge on any atom is -0.395 e. The topological polar surface area (TPSA) is 66.6 Å². The van der Waals surface area contributed by atoms with Gasteiger partial charge >= 0.3 is 6.18 Å². The molecule has 0 aromatic carbocycles. The van der Waals surface area contributed by atoms with E-state index in [2.05, 4.69) is 0 Å². The minimum absolute atomic E-state index is 0.0763. The molecule has 98 valence electrons. The zero-order valence-electron chi connectivity index (χ0n) is 8.96. The van der Waals surface area contributed by atoms with Crippen molar-refractivity contribution in [3.8, 4) is 0 Å². The number of aliphatic hydroxyl groups excluding tert-OH is 1. The smallest absolute Gasteiger partial charge is 0.395 e. The Hall–Kier alpha value is -0.890. The Bertz CT molecular complexity index is 329. The highest BCUT2D eigenvalue weighted by Gasteiger charge is 2.55. The number of thiocarbonyl (C=S) groups is 1. The maximum absolute atomic E-state index is 12.3. The molecule has 8 heteroatoms. The summed E-state index contributed by atoms with van der Waals surface area (Å²) in [5.41, 5.74) is 4.26. The fraction of sp³-hybridized carbons (Fsp3) is 0.778. The first-order chi connectivity index (χ1) is 7.73. The van der Waals surface area contributed by atoms with E-state index >= 15 is 0 Å². The van der Waals surface area contributed by atoms with E-state index in [9.17, 15) is 18.0 Å². The Morgan fingerprint density at radius 1 is 1.47 bits per heavy atom. The average Bonchev–Trinajstić information content (AvgIpc) is 2.94. The van der Waals surface area contributed by atoms with Crippen LogP contribution in [0.2, 0.25) is 0 Å². The van der Waals surface area contributed by atoms with Gasteiger partial charge in [0.05, 0.1) is 17.0 Å². The van der Waals surface area contributed by atoms with Crippen LogP contribution in [0, 0.1) is 5.41 Å². The Kier molecular flexibility index (Phi) is 3.98. The average molecular weight is 270 g/mol. The van der Waals surface area contributed by atoms with Gasteiger partial charge in [-0.2, -0.15) is 13.2 Å². The van der Waals surface area contributed by atoms with Gasteiger partial charge in [0.25, 0.3) is 0 Å². The normalized spacial score (nSPS) is 17.6. The van der Waals surface area contributed by atoms with Crippen molar-refractivity contribution in [2.45, 2.75) is 19.0 Å². The van der Waals surface area contributed by atoms with Crippen molar-refractivity contribution in [2.75, 3.05) is 19.7 Å². The van der Waals surface area contributed by atoms with E-state index in [0.717, 1.165) is 0 Å². The van der Waals surface area contributed by atoms with Crippen LogP contribution in [-0.4, -0.2) is 46.8 Å². The molecule has 4 nitrogen and oxygen atoms in total. The Balaban J connectivity index is 2.78. The van der Waals surface area contributed by atoms with E-state index in [1.807, 2.05) is 0 Å². The molecule has 1 fully saturated rings. The predicted molar refractivity (Wildman–Crippen MR) is 58.2 cm³/mol. The summed E-state index contributed by atoms with van der Waals surface area (Å²) in [6, 6.07) is 0. The standard InChI is InChI=1S/C9H13F3N2O2S/c10-9(11,12)5-14(3-4-15)7(16)8(1-2-8)6(13)17/h15H,1-5H2,(H2,13,17). The summed E-state index contributed by atoms with van der Waals surface area (Å²) in [5, 5.41) is 8.68. The van der Waals surface area contributed by atoms with Gasteiger partial charge < -0.3 is 15.7 Å². The van der Waals surface area contributed by atoms with Crippen molar-refractivity contribution < 1.29 is 23.1 Å². The highest BCUT2D eigenvalue weighted by molar-refractivity contribution is 7.80. The molecule has 0 bridgehead atoms. The molecule has 17 heavy (non-hydrogen) atoms. The second-order valence-corrected chi connectivity index (χ2v) is 4.45. The third kappa shape index (κ3) is 3.29. The van der Waals surface area contributed by atoms with Gasteiger partial charge in [0.2, 0.25) is 5.91 Å². The van der Waals surface area contributed by atoms with Gasteiger partial charge in [-0.05, 0) is 12.8 Å². The first-order valence-electron chi connectivity index (χ1n) is 5.00. The maximum atomic E-state index is 12.3. The van der Waals surface area contributed by atoms with Gasteiger partial charge in [-0.1, -0.05) is 12.2 Å². The lowest BCUT2D eigenvalue weighted by molar-refractivity contribution is -0.164. The zero-order valence-corrected chi connectivity index (χ0v) is 9.77. The summed E-state index contributed by atoms with van der Waals surface area (Å²) in [6.07, 6.45) is -3.75. The second-order valence-electron chi connectivity index (χ2n) is 4.01. The molecule has 0 saturated heterocycles. The van der Waals surface area contributed by atoms with Crippen LogP contribution in [0.3, 0.4) is 0 Å². The number of halogens is 3. The van der Waals surface area contributed by atoms with E-state index in [0.29, 0.717) is 17.7 Å². The van der Waals surface area contributed by atoms with E-state index < -0.39 is 30.7 Å². The molecule has 1 aliphatic rings. The minimum atomic E-state index is -4.50. The van der Waals surface area contributed by atoms with Crippen molar-refractivity contribution >= 4 is 23.1 Å². The van der Waals surface area contributed by atoms with Crippen molar-refractivity contribution in [3.63, 3.8) is 0 Å². The Morgan fingerprint density at radius 2 is 2.00 bits per heavy atom. The molecule has 0 aliphatic heterocycles. The monoisotopic (exact) mass is 270 g/mol. The highest BCUT2D eigenvalue weighted by atomic mass is 32.1. The number of amides is 1. The van der Waals surface area contributed by atoms with Gasteiger partial charge in [0.1, 0.15) is 6.54 Å². The quantitative estimate of drug-likeness (QED) is 0.711. The third-order valence-electron chi connectivity index (χ3n) is 2.66. The molecule has 0 atom stereocenters. The van der Waals surface area contributed by atoms with Crippen molar-refractivity contribution in [3.05, 3.63) is 0 Å². The Labute approximate surface area is 102 Å². The van der Waals surface area contributed by atoms with Crippen molar-refractivity contribution in [1.29, 1.82) is 0 Å². The maximum Gasteiger partial charge on any atom is 0.406 e. The van der Waals surface area contributed by atoms with Gasteiger partial charge in [0, 0.05) is 6.54 Å². The largest absolute Gasteiger partial charge is 0.406 e. The fourth-order valence-corrected chi connectivity index (χ4v) is 1.87. The summed E-state index contributed by atoms with van der Waals surface area (Å²) in [5.74, 6) is -0.739. The van der Waals surface area contributed by atoms with E-state index in [1.165, 1.54) is 0 Å². The van der Waals surface area contributed by atoms with Crippen LogP contribution in [0.4, 0.5) is 13.2 Å². The molecule has 0 radical (unpaired) electrons. The summed E-state index contributed by atoms with van der Waals surface area (Å²) in [6.45, 7) is -2.30. The Morgan fingerprint density at radius 3 is 2.29 bits per heavy atom. The molecule has 0 aromatic heterocycles. The predicted octanol–water partition coefficient (Wildman–Crippen LogP) is 0.436. The summed E-state index contributed by atoms with van der Waals surface area (Å²) >= 11 is 4.70. The SMILES string of the molecule is NC(=S)C1(C(=O)N(CCO)CC(F)(F)F)CC1. The van der Waals surface area contributed by atoms with Gasteiger partial charge in [-0.3, -0.25) is 4.79 Å². The zero-order chi connectivity index (χ0) is 13.3. The molecule has 1 amide bonds. The van der Waals surface area contributed by atoms with Crippen LogP contribution in [0.15, 0.2) is 0 Å². The van der Waals surface area contributed by atoms with Crippen LogP contribution < -0.4 is 5.73 Å². The molecule has 1 aliphatic carbocycles. The molecule has 0 aromatic rings. The number of carbonyl (C=O) groups is 1. The molecular weight excluding hydrogens is 257 g/mol. The third-order valence-corrected chi connectivity index (χ3v) is 3.05. The molecular formula is C9H13F3N2O2S. The number of alkyl halides is 3. The van der Waals surface area contributed by atoms with E-state index in [1.54, 1.807) is 0 Å². The number of nitrogens with two attached hydrogens (primary N) is 1. The first-order valence-corrected chi connectivity index (χ1v) is 5.41. The number of hydrogen-bond acceptors (Lipinski definition) is 3. The van der Waals surface area contributed by atoms with Crippen molar-refractivity contribution in [1.82, 2.24) is 4.90 Å². The van der Waals surface area contributed by atoms with Crippen LogP contribution in [-0.2, 0) is 4.79 Å². The molecule has 0 heterocycles. The number of nitrogens with zero attached hydrogens (tertiary/aromatic N) is 1. The van der Waals surface area contributed by atoms with E-state index in [4.69, 9.17) is 23.1 Å². The summed E-state index contributed by atoms with van der Waals surface area (Å²) in [7, 11) is 0. The number of hydrogen-bond donors (Lipinski definition) is 2. The molecule has 1 rings (SSSR count). The van der Waals surface area contributed by atoms with Crippen molar-refractivity contribution in [2.24, 2.45) is 11.1 Å². The van der Waals surface area contributed by atoms with E-state index in [-0.39, 0.29) is 11.5 Å². The summed E-state index contributed by atoms with van der Waals surface area (Å²) < 4.78 is 36.8. The molecule has 3 N–H and O–H groups in total. The number of carbonyl (C=O) groups excluding carboxylic acids is 1. The lowest BCUT2D eigenvalue weighted by Gasteiger charge is -2.27.